The number of quaternary nitrogens is 2. The van der Waals surface area contributed by atoms with Crippen molar-refractivity contribution < 1.29 is 13.8 Å². The van der Waals surface area contributed by atoms with Gasteiger partial charge in [-0.05, 0) is 26.0 Å². The molecule has 0 atom stereocenters. The fourth-order valence-electron chi connectivity index (χ4n) is 3.34. The Morgan fingerprint density at radius 1 is 0.800 bits per heavy atom. The van der Waals surface area contributed by atoms with E-state index in [4.69, 9.17) is 0 Å². The van der Waals surface area contributed by atoms with Gasteiger partial charge >= 0.3 is 0 Å². The van der Waals surface area contributed by atoms with Crippen molar-refractivity contribution in [2.45, 2.75) is 26.9 Å². The number of nitrogens with zero attached hydrogens (tertiary/aromatic N) is 3. The second-order valence-corrected chi connectivity index (χ2v) is 9.03. The van der Waals surface area contributed by atoms with Crippen molar-refractivity contribution in [1.29, 1.82) is 0 Å². The van der Waals surface area contributed by atoms with Gasteiger partial charge in [0.05, 0.1) is 42.3 Å². The van der Waals surface area contributed by atoms with Crippen molar-refractivity contribution in [3.05, 3.63) is 58.4 Å². The van der Waals surface area contributed by atoms with Gasteiger partial charge in [-0.25, -0.2) is 0 Å². The average Bonchev–Trinajstić information content (AvgIpc) is 2.69. The molecule has 4 heteroatoms. The van der Waals surface area contributed by atoms with Crippen molar-refractivity contribution in [2.75, 3.05) is 42.3 Å². The fraction of sp³-hybridized carbons (Fsp3) is 0.476. The van der Waals surface area contributed by atoms with Crippen molar-refractivity contribution in [3.63, 3.8) is 0 Å². The lowest BCUT2D eigenvalue weighted by atomic mass is 10.1. The van der Waals surface area contributed by atoms with Crippen molar-refractivity contribution >= 4 is 5.91 Å². The molecule has 0 spiro atoms. The zero-order valence-electron chi connectivity index (χ0n) is 17.1. The van der Waals surface area contributed by atoms with Crippen LogP contribution in [-0.2, 0) is 13.1 Å². The van der Waals surface area contributed by atoms with Gasteiger partial charge in [0.2, 0.25) is 0 Å². The molecule has 0 N–H and O–H groups in total. The summed E-state index contributed by atoms with van der Waals surface area (Å²) in [5, 5.41) is 0. The van der Waals surface area contributed by atoms with Gasteiger partial charge in [0.1, 0.15) is 13.1 Å². The largest absolute Gasteiger partial charge is 0.327 e. The van der Waals surface area contributed by atoms with Crippen LogP contribution >= 0.6 is 0 Å². The Morgan fingerprint density at radius 2 is 1.20 bits per heavy atom. The third-order valence-corrected chi connectivity index (χ3v) is 4.40. The summed E-state index contributed by atoms with van der Waals surface area (Å²) in [6.45, 7) is 5.99. The summed E-state index contributed by atoms with van der Waals surface area (Å²) in [5.74, 6) is 0.0610. The lowest BCUT2D eigenvalue weighted by Gasteiger charge is -2.27. The highest BCUT2D eigenvalue weighted by molar-refractivity contribution is 5.97. The highest BCUT2D eigenvalue weighted by Crippen LogP contribution is 2.28. The Hall–Kier alpha value is -1.91. The van der Waals surface area contributed by atoms with Crippen molar-refractivity contribution in [3.8, 4) is 0 Å². The highest BCUT2D eigenvalue weighted by atomic mass is 16.2. The lowest BCUT2D eigenvalue weighted by molar-refractivity contribution is -0.887. The molecule has 0 saturated heterocycles. The summed E-state index contributed by atoms with van der Waals surface area (Å²) in [5.41, 5.74) is 5.49. The topological polar surface area (TPSA) is 22.0 Å². The summed E-state index contributed by atoms with van der Waals surface area (Å²) >= 11 is 0. The van der Waals surface area contributed by atoms with Crippen LogP contribution in [0.4, 0.5) is 0 Å². The van der Waals surface area contributed by atoms with Crippen LogP contribution in [0, 0.1) is 13.8 Å². The molecule has 0 aliphatic heterocycles. The molecule has 0 fully saturated rings. The maximum Gasteiger partial charge on any atom is 0.262 e. The number of rotatable bonds is 5. The Balaban J connectivity index is 2.62. The van der Waals surface area contributed by atoms with Gasteiger partial charge in [-0.3, -0.25) is 9.36 Å². The molecule has 1 aromatic heterocycles. The van der Waals surface area contributed by atoms with Crippen LogP contribution < -0.4 is 0 Å². The molecule has 1 aromatic carbocycles. The van der Waals surface area contributed by atoms with Gasteiger partial charge < -0.3 is 8.97 Å². The maximum atomic E-state index is 13.1. The Labute approximate surface area is 152 Å². The smallest absolute Gasteiger partial charge is 0.262 e. The quantitative estimate of drug-likeness (QED) is 0.764. The number of benzene rings is 1. The van der Waals surface area contributed by atoms with Gasteiger partial charge in [0.15, 0.2) is 0 Å². The van der Waals surface area contributed by atoms with Gasteiger partial charge in [0.25, 0.3) is 5.91 Å². The Bertz CT molecular complexity index is 720. The molecule has 0 bridgehead atoms. The van der Waals surface area contributed by atoms with Crippen LogP contribution in [0.3, 0.4) is 0 Å². The zero-order chi connectivity index (χ0) is 19.0. The Morgan fingerprint density at radius 3 is 1.56 bits per heavy atom. The van der Waals surface area contributed by atoms with E-state index in [9.17, 15) is 4.79 Å². The molecule has 136 valence electrons. The summed E-state index contributed by atoms with van der Waals surface area (Å²) in [7, 11) is 13.2. The molecule has 0 aliphatic carbocycles. The van der Waals surface area contributed by atoms with E-state index in [1.165, 1.54) is 11.1 Å². The molecule has 0 aliphatic rings. The lowest BCUT2D eigenvalue weighted by Crippen LogP contribution is -2.36. The van der Waals surface area contributed by atoms with Crippen LogP contribution in [0.1, 0.15) is 32.9 Å². The molecule has 1 heterocycles. The minimum absolute atomic E-state index is 0.0610. The third kappa shape index (κ3) is 4.59. The minimum Gasteiger partial charge on any atom is -0.327 e. The van der Waals surface area contributed by atoms with E-state index in [-0.39, 0.29) is 5.91 Å². The average molecular weight is 344 g/mol. The first-order valence-electron chi connectivity index (χ1n) is 8.81. The maximum absolute atomic E-state index is 13.1. The normalized spacial score (nSPS) is 12.5. The number of hydrogen-bond donors (Lipinski definition) is 0. The number of hydrogen-bond acceptors (Lipinski definition) is 1. The SMILES string of the molecule is Cc1c(C[N+](C)(C)C)c(C[N+](C)(C)C)c(C)n1C(=O)c1ccccc1. The third-order valence-electron chi connectivity index (χ3n) is 4.40. The molecular formula is C21H33N3O+2. The van der Waals surface area contributed by atoms with E-state index in [2.05, 4.69) is 56.1 Å². The Kier molecular flexibility index (Phi) is 5.26. The monoisotopic (exact) mass is 343 g/mol. The summed E-state index contributed by atoms with van der Waals surface area (Å²) < 4.78 is 3.59. The van der Waals surface area contributed by atoms with Crippen LogP contribution in [-0.4, -0.2) is 61.7 Å². The molecule has 2 aromatic rings. The van der Waals surface area contributed by atoms with Gasteiger partial charge in [-0.2, -0.15) is 0 Å². The van der Waals surface area contributed by atoms with Crippen LogP contribution in [0.25, 0.3) is 0 Å². The second-order valence-electron chi connectivity index (χ2n) is 9.03. The zero-order valence-corrected chi connectivity index (χ0v) is 17.1. The molecule has 4 nitrogen and oxygen atoms in total. The van der Waals surface area contributed by atoms with Crippen LogP contribution in [0.15, 0.2) is 30.3 Å². The molecule has 25 heavy (non-hydrogen) atoms. The van der Waals surface area contributed by atoms with E-state index in [1.807, 2.05) is 34.9 Å². The predicted molar refractivity (Wildman–Crippen MR) is 104 cm³/mol. The molecular weight excluding hydrogens is 310 g/mol. The summed E-state index contributed by atoms with van der Waals surface area (Å²) in [6, 6.07) is 9.56. The summed E-state index contributed by atoms with van der Waals surface area (Å²) in [6.07, 6.45) is 0. The first-order chi connectivity index (χ1) is 11.4. The minimum atomic E-state index is 0.0610. The molecule has 0 unspecified atom stereocenters. The van der Waals surface area contributed by atoms with E-state index in [0.29, 0.717) is 0 Å². The first-order valence-corrected chi connectivity index (χ1v) is 8.81. The van der Waals surface area contributed by atoms with Gasteiger partial charge in [0, 0.05) is 28.1 Å². The number of carbonyl (C=O) groups is 1. The van der Waals surface area contributed by atoms with E-state index >= 15 is 0 Å². The molecule has 0 amide bonds. The van der Waals surface area contributed by atoms with Crippen LogP contribution in [0.5, 0.6) is 0 Å². The van der Waals surface area contributed by atoms with Crippen molar-refractivity contribution in [1.82, 2.24) is 4.57 Å². The van der Waals surface area contributed by atoms with E-state index in [1.54, 1.807) is 0 Å². The summed E-state index contributed by atoms with van der Waals surface area (Å²) in [4.78, 5) is 13.1. The van der Waals surface area contributed by atoms with E-state index in [0.717, 1.165) is 39.0 Å². The standard InChI is InChI=1S/C21H33N3O/c1-16-19(14-23(3,4)5)20(15-24(6,7)8)17(2)22(16)21(25)18-12-10-9-11-13-18/h9-13H,14-15H2,1-8H3/q+2. The number of carbonyl (C=O) groups excluding carboxylic acids is 1. The molecule has 0 radical (unpaired) electrons. The van der Waals surface area contributed by atoms with Crippen LogP contribution in [0.2, 0.25) is 0 Å². The van der Waals surface area contributed by atoms with Gasteiger partial charge in [-0.1, -0.05) is 18.2 Å². The van der Waals surface area contributed by atoms with Gasteiger partial charge in [-0.15, -0.1) is 0 Å². The predicted octanol–water partition coefficient (Wildman–Crippen LogP) is 3.21. The molecule has 0 saturated carbocycles. The first kappa shape index (κ1) is 19.4. The van der Waals surface area contributed by atoms with Crippen molar-refractivity contribution in [2.24, 2.45) is 0 Å². The fourth-order valence-corrected chi connectivity index (χ4v) is 3.34. The van der Waals surface area contributed by atoms with E-state index < -0.39 is 0 Å². The second kappa shape index (κ2) is 6.77. The molecule has 2 rings (SSSR count). The number of aromatic nitrogens is 1. The highest BCUT2D eigenvalue weighted by Gasteiger charge is 2.28.